The normalized spacial score (nSPS) is 12.3. The summed E-state index contributed by atoms with van der Waals surface area (Å²) < 4.78 is 1.98. The molecule has 27 heavy (non-hydrogen) atoms. The Morgan fingerprint density at radius 2 is 1.96 bits per heavy atom. The molecular formula is C22H27N3O2. The van der Waals surface area contributed by atoms with Gasteiger partial charge in [-0.15, -0.1) is 0 Å². The molecule has 0 saturated heterocycles. The first-order valence-electron chi connectivity index (χ1n) is 9.38. The molecule has 5 heteroatoms. The maximum Gasteiger partial charge on any atom is 0.226 e. The van der Waals surface area contributed by atoms with E-state index in [1.807, 2.05) is 36.6 Å². The molecular weight excluding hydrogens is 338 g/mol. The fourth-order valence-corrected chi connectivity index (χ4v) is 3.19. The summed E-state index contributed by atoms with van der Waals surface area (Å²) in [5, 5.41) is 12.3. The highest BCUT2D eigenvalue weighted by Crippen LogP contribution is 2.27. The number of pyridine rings is 1. The second kappa shape index (κ2) is 7.92. The van der Waals surface area contributed by atoms with Gasteiger partial charge in [0.2, 0.25) is 5.91 Å². The summed E-state index contributed by atoms with van der Waals surface area (Å²) in [6, 6.07) is 10.1. The first kappa shape index (κ1) is 19.1. The van der Waals surface area contributed by atoms with Crippen molar-refractivity contribution in [1.29, 1.82) is 0 Å². The van der Waals surface area contributed by atoms with Gasteiger partial charge >= 0.3 is 0 Å². The summed E-state index contributed by atoms with van der Waals surface area (Å²) in [4.78, 5) is 17.4. The first-order chi connectivity index (χ1) is 12.9. The lowest BCUT2D eigenvalue weighted by molar-refractivity contribution is -0.121. The van der Waals surface area contributed by atoms with Crippen LogP contribution in [0.25, 0.3) is 16.9 Å². The average molecular weight is 365 g/mol. The lowest BCUT2D eigenvalue weighted by Crippen LogP contribution is -2.38. The number of amides is 1. The van der Waals surface area contributed by atoms with Crippen molar-refractivity contribution in [1.82, 2.24) is 14.7 Å². The minimum absolute atomic E-state index is 0.0569. The van der Waals surface area contributed by atoms with Gasteiger partial charge in [-0.25, -0.2) is 4.98 Å². The maximum atomic E-state index is 12.6. The Morgan fingerprint density at radius 1 is 1.19 bits per heavy atom. The molecule has 0 spiro atoms. The van der Waals surface area contributed by atoms with E-state index in [1.165, 1.54) is 11.1 Å². The molecule has 2 heterocycles. The maximum absolute atomic E-state index is 12.6. The number of aliphatic hydroxyl groups is 1. The molecule has 0 aliphatic rings. The number of fused-ring (bicyclic) bond motifs is 1. The van der Waals surface area contributed by atoms with E-state index < -0.39 is 0 Å². The molecule has 1 unspecified atom stereocenters. The molecule has 5 nitrogen and oxygen atoms in total. The number of aliphatic hydroxyl groups excluding tert-OH is 1. The van der Waals surface area contributed by atoms with Gasteiger partial charge in [0.25, 0.3) is 0 Å². The number of hydrogen-bond acceptors (Lipinski definition) is 3. The van der Waals surface area contributed by atoms with Crippen molar-refractivity contribution in [2.24, 2.45) is 0 Å². The van der Waals surface area contributed by atoms with Crippen LogP contribution in [0.5, 0.6) is 0 Å². The lowest BCUT2D eigenvalue weighted by Gasteiger charge is -2.14. The van der Waals surface area contributed by atoms with Crippen molar-refractivity contribution < 1.29 is 9.90 Å². The van der Waals surface area contributed by atoms with E-state index in [4.69, 9.17) is 4.98 Å². The topological polar surface area (TPSA) is 66.6 Å². The van der Waals surface area contributed by atoms with Crippen LogP contribution in [0.4, 0.5) is 0 Å². The van der Waals surface area contributed by atoms with Gasteiger partial charge < -0.3 is 14.8 Å². The zero-order valence-electron chi connectivity index (χ0n) is 16.4. The summed E-state index contributed by atoms with van der Waals surface area (Å²) in [5.41, 5.74) is 7.08. The number of carbonyl (C=O) groups excluding carboxylic acids is 1. The highest BCUT2D eigenvalue weighted by molar-refractivity contribution is 5.82. The molecule has 0 saturated carbocycles. The molecule has 1 aromatic carbocycles. The van der Waals surface area contributed by atoms with Crippen molar-refractivity contribution in [3.63, 3.8) is 0 Å². The van der Waals surface area contributed by atoms with E-state index in [1.54, 1.807) is 0 Å². The second-order valence-corrected chi connectivity index (χ2v) is 7.17. The number of nitrogens with zero attached hydrogens (tertiary/aromatic N) is 2. The molecule has 142 valence electrons. The molecule has 0 aliphatic carbocycles. The Morgan fingerprint density at radius 3 is 2.63 bits per heavy atom. The summed E-state index contributed by atoms with van der Waals surface area (Å²) >= 11 is 0. The summed E-state index contributed by atoms with van der Waals surface area (Å²) in [6.07, 6.45) is 2.87. The number of benzene rings is 1. The summed E-state index contributed by atoms with van der Waals surface area (Å²) in [6.45, 7) is 8.08. The monoisotopic (exact) mass is 365 g/mol. The molecule has 0 fully saturated rings. The van der Waals surface area contributed by atoms with E-state index in [9.17, 15) is 9.90 Å². The Kier molecular flexibility index (Phi) is 5.61. The predicted octanol–water partition coefficient (Wildman–Crippen LogP) is 3.36. The summed E-state index contributed by atoms with van der Waals surface area (Å²) in [7, 11) is 0. The van der Waals surface area contributed by atoms with Gasteiger partial charge in [0.1, 0.15) is 5.65 Å². The number of nitrogens with one attached hydrogen (secondary N) is 1. The SMILES string of the molecule is CCC(CO)NC(=O)Cc1c(-c2ccc(C)c(C)c2)nc2cc(C)ccn12. The third kappa shape index (κ3) is 4.03. The minimum atomic E-state index is -0.219. The van der Waals surface area contributed by atoms with Gasteiger partial charge in [-0.2, -0.15) is 0 Å². The molecule has 1 amide bonds. The molecule has 3 aromatic rings. The van der Waals surface area contributed by atoms with Gasteiger partial charge in [-0.3, -0.25) is 4.79 Å². The van der Waals surface area contributed by atoms with E-state index in [2.05, 4.69) is 37.4 Å². The van der Waals surface area contributed by atoms with Crippen LogP contribution in [-0.4, -0.2) is 33.0 Å². The third-order valence-corrected chi connectivity index (χ3v) is 5.07. The smallest absolute Gasteiger partial charge is 0.226 e. The number of imidazole rings is 1. The molecule has 0 radical (unpaired) electrons. The molecule has 0 bridgehead atoms. The summed E-state index contributed by atoms with van der Waals surface area (Å²) in [5.74, 6) is -0.108. The van der Waals surface area contributed by atoms with Crippen LogP contribution in [0.3, 0.4) is 0 Å². The van der Waals surface area contributed by atoms with E-state index >= 15 is 0 Å². The second-order valence-electron chi connectivity index (χ2n) is 7.17. The molecule has 1 atom stereocenters. The molecule has 3 rings (SSSR count). The Hall–Kier alpha value is -2.66. The van der Waals surface area contributed by atoms with Crippen LogP contribution in [0.15, 0.2) is 36.5 Å². The fraction of sp³-hybridized carbons (Fsp3) is 0.364. The van der Waals surface area contributed by atoms with Crippen molar-refractivity contribution >= 4 is 11.6 Å². The highest BCUT2D eigenvalue weighted by Gasteiger charge is 2.19. The molecule has 2 N–H and O–H groups in total. The van der Waals surface area contributed by atoms with Gasteiger partial charge in [-0.05, 0) is 62.1 Å². The van der Waals surface area contributed by atoms with Crippen LogP contribution in [0.1, 0.15) is 35.7 Å². The Balaban J connectivity index is 2.06. The van der Waals surface area contributed by atoms with Gasteiger partial charge in [-0.1, -0.05) is 19.1 Å². The van der Waals surface area contributed by atoms with Crippen molar-refractivity contribution in [2.45, 2.75) is 46.6 Å². The van der Waals surface area contributed by atoms with Crippen molar-refractivity contribution in [3.8, 4) is 11.3 Å². The van der Waals surface area contributed by atoms with Crippen molar-refractivity contribution in [3.05, 3.63) is 58.9 Å². The zero-order valence-corrected chi connectivity index (χ0v) is 16.4. The number of carbonyl (C=O) groups is 1. The Bertz CT molecular complexity index is 971. The number of hydrogen-bond donors (Lipinski definition) is 2. The quantitative estimate of drug-likeness (QED) is 0.704. The van der Waals surface area contributed by atoms with Crippen LogP contribution >= 0.6 is 0 Å². The van der Waals surface area contributed by atoms with Crippen LogP contribution in [-0.2, 0) is 11.2 Å². The number of aryl methyl sites for hydroxylation is 3. The lowest BCUT2D eigenvalue weighted by atomic mass is 10.0. The molecule has 0 aliphatic heterocycles. The van der Waals surface area contributed by atoms with E-state index in [0.717, 1.165) is 28.2 Å². The van der Waals surface area contributed by atoms with Gasteiger partial charge in [0.15, 0.2) is 0 Å². The van der Waals surface area contributed by atoms with Gasteiger partial charge in [0, 0.05) is 11.8 Å². The Labute approximate surface area is 160 Å². The number of aromatic nitrogens is 2. The van der Waals surface area contributed by atoms with Crippen LogP contribution in [0, 0.1) is 20.8 Å². The van der Waals surface area contributed by atoms with Crippen molar-refractivity contribution in [2.75, 3.05) is 6.61 Å². The average Bonchev–Trinajstić information content (AvgIpc) is 2.99. The first-order valence-corrected chi connectivity index (χ1v) is 9.38. The van der Waals surface area contributed by atoms with E-state index in [0.29, 0.717) is 6.42 Å². The third-order valence-electron chi connectivity index (χ3n) is 5.07. The standard InChI is InChI=1S/C22H27N3O2/c1-5-18(13-26)23-21(27)12-19-22(17-7-6-15(3)16(4)11-17)24-20-10-14(2)8-9-25(19)20/h6-11,18,26H,5,12-13H2,1-4H3,(H,23,27). The molecule has 2 aromatic heterocycles. The number of rotatable bonds is 6. The largest absolute Gasteiger partial charge is 0.394 e. The predicted molar refractivity (Wildman–Crippen MR) is 108 cm³/mol. The zero-order chi connectivity index (χ0) is 19.6. The van der Waals surface area contributed by atoms with E-state index in [-0.39, 0.29) is 25.0 Å². The van der Waals surface area contributed by atoms with Gasteiger partial charge in [0.05, 0.1) is 30.5 Å². The minimum Gasteiger partial charge on any atom is -0.394 e. The fourth-order valence-electron chi connectivity index (χ4n) is 3.19. The van der Waals surface area contributed by atoms with Crippen LogP contribution in [0.2, 0.25) is 0 Å². The van der Waals surface area contributed by atoms with Crippen LogP contribution < -0.4 is 5.32 Å². The highest BCUT2D eigenvalue weighted by atomic mass is 16.3.